The van der Waals surface area contributed by atoms with Crippen LogP contribution in [0.15, 0.2) is 54.8 Å². The topological polar surface area (TPSA) is 49.6 Å². The zero-order chi connectivity index (χ0) is 16.8. The predicted octanol–water partition coefficient (Wildman–Crippen LogP) is 2.51. The Morgan fingerprint density at radius 3 is 2.22 bits per heavy atom. The summed E-state index contributed by atoms with van der Waals surface area (Å²) in [5.41, 5.74) is 9.23. The van der Waals surface area contributed by atoms with Gasteiger partial charge in [-0.1, -0.05) is 30.9 Å². The maximum atomic E-state index is 12.5. The van der Waals surface area contributed by atoms with Crippen molar-refractivity contribution in [2.75, 3.05) is 33.2 Å². The van der Waals surface area contributed by atoms with Gasteiger partial charge in [0.15, 0.2) is 0 Å². The van der Waals surface area contributed by atoms with Gasteiger partial charge in [-0.25, -0.2) is 0 Å². The lowest BCUT2D eigenvalue weighted by atomic mass is 10.0. The van der Waals surface area contributed by atoms with Crippen molar-refractivity contribution in [3.8, 4) is 0 Å². The lowest BCUT2D eigenvalue weighted by Crippen LogP contribution is -2.47. The van der Waals surface area contributed by atoms with E-state index in [1.165, 1.54) is 0 Å². The smallest absolute Gasteiger partial charge is 0.253 e. The first-order valence-electron chi connectivity index (χ1n) is 7.86. The minimum atomic E-state index is 0.104. The van der Waals surface area contributed by atoms with Gasteiger partial charge in [-0.2, -0.15) is 0 Å². The summed E-state index contributed by atoms with van der Waals surface area (Å²) in [6.45, 7) is 9.22. The number of carbonyl (C=O) groups is 1. The number of nitrogens with zero attached hydrogens (tertiary/aromatic N) is 2. The molecule has 1 fully saturated rings. The maximum absolute atomic E-state index is 12.5. The third kappa shape index (κ3) is 4.33. The third-order valence-electron chi connectivity index (χ3n) is 4.12. The maximum Gasteiger partial charge on any atom is 0.253 e. The average Bonchev–Trinajstić information content (AvgIpc) is 2.59. The van der Waals surface area contributed by atoms with E-state index in [0.29, 0.717) is 0 Å². The van der Waals surface area contributed by atoms with E-state index in [1.807, 2.05) is 42.2 Å². The lowest BCUT2D eigenvalue weighted by Gasteiger charge is -2.32. The van der Waals surface area contributed by atoms with Crippen LogP contribution < -0.4 is 5.73 Å². The second-order valence-corrected chi connectivity index (χ2v) is 5.89. The van der Waals surface area contributed by atoms with Crippen LogP contribution in [0.3, 0.4) is 0 Å². The first kappa shape index (κ1) is 17.0. The van der Waals surface area contributed by atoms with Gasteiger partial charge in [-0.15, -0.1) is 0 Å². The van der Waals surface area contributed by atoms with Crippen LogP contribution in [0.5, 0.6) is 0 Å². The zero-order valence-electron chi connectivity index (χ0n) is 14.0. The highest BCUT2D eigenvalue weighted by molar-refractivity contribution is 5.94. The molecule has 0 bridgehead atoms. The molecule has 1 aromatic rings. The molecule has 0 aliphatic carbocycles. The van der Waals surface area contributed by atoms with Gasteiger partial charge >= 0.3 is 0 Å². The molecule has 1 aromatic carbocycles. The number of carbonyl (C=O) groups excluding carboxylic acids is 1. The molecule has 1 saturated heterocycles. The fourth-order valence-electron chi connectivity index (χ4n) is 2.55. The summed E-state index contributed by atoms with van der Waals surface area (Å²) in [6, 6.07) is 7.69. The highest BCUT2D eigenvalue weighted by Gasteiger charge is 2.20. The Labute approximate surface area is 138 Å². The van der Waals surface area contributed by atoms with Crippen molar-refractivity contribution in [3.63, 3.8) is 0 Å². The summed E-state index contributed by atoms with van der Waals surface area (Å²) in [6.07, 6.45) is 5.34. The van der Waals surface area contributed by atoms with Gasteiger partial charge in [-0.05, 0) is 49.0 Å². The molecule has 0 unspecified atom stereocenters. The summed E-state index contributed by atoms with van der Waals surface area (Å²) >= 11 is 0. The quantitative estimate of drug-likeness (QED) is 0.869. The Morgan fingerprint density at radius 1 is 1.13 bits per heavy atom. The van der Waals surface area contributed by atoms with Crippen molar-refractivity contribution in [1.82, 2.24) is 9.80 Å². The predicted molar refractivity (Wildman–Crippen MR) is 96.0 cm³/mol. The third-order valence-corrected chi connectivity index (χ3v) is 4.12. The zero-order valence-corrected chi connectivity index (χ0v) is 14.0. The normalized spacial score (nSPS) is 17.2. The largest absolute Gasteiger partial charge is 0.404 e. The second-order valence-electron chi connectivity index (χ2n) is 5.89. The van der Waals surface area contributed by atoms with Crippen LogP contribution in [-0.2, 0) is 0 Å². The SMILES string of the molecule is C=C/C(=C\C(C)=C/N)c1ccc(C(=O)N2CCN(C)CC2)cc1. The van der Waals surface area contributed by atoms with Crippen LogP contribution in [0.25, 0.3) is 5.57 Å². The molecule has 0 radical (unpaired) electrons. The number of allylic oxidation sites excluding steroid dienone is 4. The van der Waals surface area contributed by atoms with Crippen molar-refractivity contribution >= 4 is 11.5 Å². The van der Waals surface area contributed by atoms with Crippen LogP contribution in [-0.4, -0.2) is 48.9 Å². The number of piperazine rings is 1. The van der Waals surface area contributed by atoms with Crippen molar-refractivity contribution in [1.29, 1.82) is 0 Å². The van der Waals surface area contributed by atoms with Crippen LogP contribution in [0.1, 0.15) is 22.8 Å². The van der Waals surface area contributed by atoms with Crippen LogP contribution >= 0.6 is 0 Å². The van der Waals surface area contributed by atoms with E-state index < -0.39 is 0 Å². The van der Waals surface area contributed by atoms with Crippen LogP contribution in [0.4, 0.5) is 0 Å². The standard InChI is InChI=1S/C19H25N3O/c1-4-16(13-15(2)14-20)17-5-7-18(8-6-17)19(23)22-11-9-21(3)10-12-22/h4-8,13-14H,1,9-12,20H2,2-3H3/b15-14-,16-13+. The molecular weight excluding hydrogens is 286 g/mol. The summed E-state index contributed by atoms with van der Waals surface area (Å²) in [4.78, 5) is 16.7. The Balaban J connectivity index is 2.14. The Hall–Kier alpha value is -2.33. The number of benzene rings is 1. The van der Waals surface area contributed by atoms with Gasteiger partial charge in [0.2, 0.25) is 0 Å². The molecule has 0 saturated carbocycles. The molecule has 0 aromatic heterocycles. The number of likely N-dealkylation sites (N-methyl/N-ethyl adjacent to an activating group) is 1. The van der Waals surface area contributed by atoms with Crippen LogP contribution in [0, 0.1) is 0 Å². The van der Waals surface area contributed by atoms with Crippen molar-refractivity contribution in [3.05, 3.63) is 65.9 Å². The van der Waals surface area contributed by atoms with E-state index in [2.05, 4.69) is 18.5 Å². The molecule has 0 spiro atoms. The van der Waals surface area contributed by atoms with E-state index in [9.17, 15) is 4.79 Å². The Kier molecular flexibility index (Phi) is 5.77. The molecule has 1 amide bonds. The van der Waals surface area contributed by atoms with Gasteiger partial charge in [0, 0.05) is 31.7 Å². The van der Waals surface area contributed by atoms with Gasteiger partial charge in [-0.3, -0.25) is 4.79 Å². The number of amides is 1. The number of hydrogen-bond acceptors (Lipinski definition) is 3. The first-order valence-corrected chi connectivity index (χ1v) is 7.86. The molecule has 4 nitrogen and oxygen atoms in total. The minimum absolute atomic E-state index is 0.104. The van der Waals surface area contributed by atoms with Gasteiger partial charge in [0.1, 0.15) is 0 Å². The monoisotopic (exact) mass is 311 g/mol. The highest BCUT2D eigenvalue weighted by Crippen LogP contribution is 2.19. The molecule has 4 heteroatoms. The first-order chi connectivity index (χ1) is 11.0. The molecule has 0 atom stereocenters. The fraction of sp³-hybridized carbons (Fsp3) is 0.316. The number of rotatable bonds is 4. The molecule has 1 aliphatic heterocycles. The molecule has 122 valence electrons. The second kappa shape index (κ2) is 7.79. The fourth-order valence-corrected chi connectivity index (χ4v) is 2.55. The lowest BCUT2D eigenvalue weighted by molar-refractivity contribution is 0.0664. The van der Waals surface area contributed by atoms with Crippen molar-refractivity contribution in [2.45, 2.75) is 6.92 Å². The molecule has 23 heavy (non-hydrogen) atoms. The minimum Gasteiger partial charge on any atom is -0.404 e. The average molecular weight is 311 g/mol. The molecule has 1 heterocycles. The number of nitrogens with two attached hydrogens (primary N) is 1. The number of hydrogen-bond donors (Lipinski definition) is 1. The van der Waals surface area contributed by atoms with E-state index in [4.69, 9.17) is 5.73 Å². The van der Waals surface area contributed by atoms with E-state index in [1.54, 1.807) is 12.3 Å². The van der Waals surface area contributed by atoms with Gasteiger partial charge in [0.25, 0.3) is 5.91 Å². The molecule has 2 rings (SSSR count). The van der Waals surface area contributed by atoms with Crippen molar-refractivity contribution in [2.24, 2.45) is 5.73 Å². The van der Waals surface area contributed by atoms with Gasteiger partial charge in [0.05, 0.1) is 0 Å². The van der Waals surface area contributed by atoms with Gasteiger partial charge < -0.3 is 15.5 Å². The summed E-state index contributed by atoms with van der Waals surface area (Å²) in [5.74, 6) is 0.104. The summed E-state index contributed by atoms with van der Waals surface area (Å²) < 4.78 is 0. The summed E-state index contributed by atoms with van der Waals surface area (Å²) in [5, 5.41) is 0. The van der Waals surface area contributed by atoms with Crippen LogP contribution in [0.2, 0.25) is 0 Å². The van der Waals surface area contributed by atoms with Crippen molar-refractivity contribution < 1.29 is 4.79 Å². The highest BCUT2D eigenvalue weighted by atomic mass is 16.2. The molecular formula is C19H25N3O. The summed E-state index contributed by atoms with van der Waals surface area (Å²) in [7, 11) is 2.08. The Morgan fingerprint density at radius 2 is 1.70 bits per heavy atom. The van der Waals surface area contributed by atoms with E-state index >= 15 is 0 Å². The Bertz CT molecular complexity index is 621. The van der Waals surface area contributed by atoms with E-state index in [0.717, 1.165) is 48.5 Å². The molecule has 1 aliphatic rings. The molecule has 2 N–H and O–H groups in total. The van der Waals surface area contributed by atoms with E-state index in [-0.39, 0.29) is 5.91 Å².